The van der Waals surface area contributed by atoms with Crippen LogP contribution in [0, 0.1) is 5.92 Å². The summed E-state index contributed by atoms with van der Waals surface area (Å²) in [6.07, 6.45) is 5.55. The molecular weight excluding hydrogens is 276 g/mol. The number of rotatable bonds is 7. The van der Waals surface area contributed by atoms with Crippen molar-refractivity contribution in [2.75, 3.05) is 0 Å². The van der Waals surface area contributed by atoms with Gasteiger partial charge in [0, 0.05) is 12.1 Å². The molecule has 1 aromatic rings. The lowest BCUT2D eigenvalue weighted by molar-refractivity contribution is -0.0148. The lowest BCUT2D eigenvalue weighted by Crippen LogP contribution is -2.52. The normalized spacial score (nSPS) is 22.0. The Morgan fingerprint density at radius 3 is 2.14 bits per heavy atom. The van der Waals surface area contributed by atoms with Crippen LogP contribution in [0.15, 0.2) is 30.3 Å². The van der Waals surface area contributed by atoms with Gasteiger partial charge in [0.25, 0.3) is 0 Å². The van der Waals surface area contributed by atoms with Crippen LogP contribution in [0.2, 0.25) is 0 Å². The molecule has 1 aliphatic carbocycles. The molecule has 0 bridgehead atoms. The molecule has 2 rings (SSSR count). The van der Waals surface area contributed by atoms with Gasteiger partial charge in [-0.3, -0.25) is 0 Å². The van der Waals surface area contributed by atoms with E-state index in [1.54, 1.807) is 0 Å². The summed E-state index contributed by atoms with van der Waals surface area (Å²) in [5, 5.41) is 20.6. The molecule has 0 aliphatic heterocycles. The van der Waals surface area contributed by atoms with E-state index in [-0.39, 0.29) is 0 Å². The van der Waals surface area contributed by atoms with Crippen molar-refractivity contribution in [2.45, 2.75) is 69.2 Å². The third-order valence-corrected chi connectivity index (χ3v) is 4.87. The van der Waals surface area contributed by atoms with Gasteiger partial charge >= 0.3 is 0 Å². The van der Waals surface area contributed by atoms with E-state index in [0.29, 0.717) is 12.3 Å². The molecule has 0 unspecified atom stereocenters. The van der Waals surface area contributed by atoms with Gasteiger partial charge in [-0.1, -0.05) is 62.4 Å². The highest BCUT2D eigenvalue weighted by atomic mass is 16.3. The van der Waals surface area contributed by atoms with Crippen LogP contribution in [0.4, 0.5) is 0 Å². The maximum absolute atomic E-state index is 10.3. The molecular formula is C18H30N2O2. The molecule has 1 aliphatic rings. The summed E-state index contributed by atoms with van der Waals surface area (Å²) in [7, 11) is 0. The van der Waals surface area contributed by atoms with E-state index in [1.807, 2.05) is 30.3 Å². The van der Waals surface area contributed by atoms with Crippen molar-refractivity contribution in [2.24, 2.45) is 17.4 Å². The first kappa shape index (κ1) is 17.4. The van der Waals surface area contributed by atoms with Gasteiger partial charge in [0.2, 0.25) is 0 Å². The molecule has 124 valence electrons. The Hall–Kier alpha value is -0.940. The lowest BCUT2D eigenvalue weighted by atomic mass is 9.82. The van der Waals surface area contributed by atoms with Crippen LogP contribution in [0.5, 0.6) is 0 Å². The standard InChI is InChI=1S/C18H30N2O2/c19-15(11-13-7-3-1-4-8-13)17(21)18(22)16(20)12-14-9-5-2-6-10-14/h1,3-4,7-8,14-18,21-22H,2,5-6,9-12,19-20H2/t15-,16-,17-,18-/m0/s1. The van der Waals surface area contributed by atoms with Crippen LogP contribution in [0.25, 0.3) is 0 Å². The van der Waals surface area contributed by atoms with Gasteiger partial charge in [-0.05, 0) is 24.3 Å². The first-order valence-corrected chi connectivity index (χ1v) is 8.49. The minimum Gasteiger partial charge on any atom is -0.389 e. The fourth-order valence-electron chi connectivity index (χ4n) is 3.46. The molecule has 1 aromatic carbocycles. The van der Waals surface area contributed by atoms with E-state index in [4.69, 9.17) is 11.5 Å². The van der Waals surface area contributed by atoms with Gasteiger partial charge in [0.15, 0.2) is 0 Å². The van der Waals surface area contributed by atoms with Crippen LogP contribution in [-0.4, -0.2) is 34.5 Å². The molecule has 4 nitrogen and oxygen atoms in total. The first-order valence-electron chi connectivity index (χ1n) is 8.49. The minimum atomic E-state index is -0.987. The van der Waals surface area contributed by atoms with E-state index in [2.05, 4.69) is 0 Å². The average molecular weight is 306 g/mol. The molecule has 4 heteroatoms. The summed E-state index contributed by atoms with van der Waals surface area (Å²) in [5.74, 6) is 0.580. The predicted octanol–water partition coefficient (Wildman–Crippen LogP) is 1.58. The van der Waals surface area contributed by atoms with Crippen molar-refractivity contribution in [3.8, 4) is 0 Å². The summed E-state index contributed by atoms with van der Waals surface area (Å²) < 4.78 is 0. The maximum atomic E-state index is 10.3. The van der Waals surface area contributed by atoms with Crippen LogP contribution in [0.1, 0.15) is 44.1 Å². The number of hydrogen-bond donors (Lipinski definition) is 4. The Morgan fingerprint density at radius 2 is 1.50 bits per heavy atom. The summed E-state index contributed by atoms with van der Waals surface area (Å²) >= 11 is 0. The van der Waals surface area contributed by atoms with E-state index < -0.39 is 24.3 Å². The van der Waals surface area contributed by atoms with E-state index in [0.717, 1.165) is 12.0 Å². The quantitative estimate of drug-likeness (QED) is 0.615. The largest absolute Gasteiger partial charge is 0.389 e. The molecule has 6 N–H and O–H groups in total. The van der Waals surface area contributed by atoms with Crippen molar-refractivity contribution in [3.05, 3.63) is 35.9 Å². The van der Waals surface area contributed by atoms with Gasteiger partial charge in [0.05, 0.1) is 12.2 Å². The van der Waals surface area contributed by atoms with Crippen molar-refractivity contribution >= 4 is 0 Å². The van der Waals surface area contributed by atoms with Gasteiger partial charge in [-0.25, -0.2) is 0 Å². The Morgan fingerprint density at radius 1 is 0.909 bits per heavy atom. The summed E-state index contributed by atoms with van der Waals surface area (Å²) in [5.41, 5.74) is 13.2. The lowest BCUT2D eigenvalue weighted by Gasteiger charge is -2.31. The Kier molecular flexibility index (Phi) is 6.83. The molecule has 0 saturated heterocycles. The highest BCUT2D eigenvalue weighted by Crippen LogP contribution is 2.28. The Bertz CT molecular complexity index is 420. The van der Waals surface area contributed by atoms with Crippen LogP contribution >= 0.6 is 0 Å². The molecule has 0 spiro atoms. The third kappa shape index (κ3) is 5.06. The zero-order chi connectivity index (χ0) is 15.9. The monoisotopic (exact) mass is 306 g/mol. The van der Waals surface area contributed by atoms with Crippen LogP contribution in [-0.2, 0) is 6.42 Å². The fraction of sp³-hybridized carbons (Fsp3) is 0.667. The number of benzene rings is 1. The predicted molar refractivity (Wildman–Crippen MR) is 89.3 cm³/mol. The molecule has 0 aromatic heterocycles. The molecule has 0 heterocycles. The number of aliphatic hydroxyl groups is 2. The van der Waals surface area contributed by atoms with Crippen LogP contribution < -0.4 is 11.5 Å². The van der Waals surface area contributed by atoms with Gasteiger partial charge in [-0.15, -0.1) is 0 Å². The fourth-order valence-corrected chi connectivity index (χ4v) is 3.46. The second-order valence-electron chi connectivity index (χ2n) is 6.74. The maximum Gasteiger partial charge on any atom is 0.0968 e. The molecule has 0 amide bonds. The topological polar surface area (TPSA) is 92.5 Å². The van der Waals surface area contributed by atoms with Gasteiger partial charge in [-0.2, -0.15) is 0 Å². The highest BCUT2D eigenvalue weighted by molar-refractivity contribution is 5.16. The summed E-state index contributed by atoms with van der Waals surface area (Å²) in [6.45, 7) is 0. The third-order valence-electron chi connectivity index (χ3n) is 4.87. The van der Waals surface area contributed by atoms with Crippen molar-refractivity contribution < 1.29 is 10.2 Å². The smallest absolute Gasteiger partial charge is 0.0968 e. The van der Waals surface area contributed by atoms with E-state index in [1.165, 1.54) is 32.1 Å². The zero-order valence-electron chi connectivity index (χ0n) is 13.3. The van der Waals surface area contributed by atoms with Crippen molar-refractivity contribution in [1.29, 1.82) is 0 Å². The number of aliphatic hydroxyl groups excluding tert-OH is 2. The minimum absolute atomic E-state index is 0.403. The summed E-state index contributed by atoms with van der Waals surface area (Å²) in [4.78, 5) is 0. The van der Waals surface area contributed by atoms with Gasteiger partial charge < -0.3 is 21.7 Å². The molecule has 1 fully saturated rings. The average Bonchev–Trinajstić information content (AvgIpc) is 2.55. The van der Waals surface area contributed by atoms with E-state index >= 15 is 0 Å². The molecule has 22 heavy (non-hydrogen) atoms. The Labute approximate surface area is 133 Å². The van der Waals surface area contributed by atoms with Crippen molar-refractivity contribution in [3.63, 3.8) is 0 Å². The SMILES string of the molecule is N[C@@H](Cc1ccccc1)[C@H](O)[C@@H](O)[C@@H](N)CC1CCCCC1. The van der Waals surface area contributed by atoms with Gasteiger partial charge in [0.1, 0.15) is 0 Å². The Balaban J connectivity index is 1.82. The highest BCUT2D eigenvalue weighted by Gasteiger charge is 2.30. The number of hydrogen-bond acceptors (Lipinski definition) is 4. The van der Waals surface area contributed by atoms with E-state index in [9.17, 15) is 10.2 Å². The second-order valence-corrected chi connectivity index (χ2v) is 6.74. The van der Waals surface area contributed by atoms with Crippen molar-refractivity contribution in [1.82, 2.24) is 0 Å². The summed E-state index contributed by atoms with van der Waals surface area (Å²) in [6, 6.07) is 8.87. The first-order chi connectivity index (χ1) is 10.6. The zero-order valence-corrected chi connectivity index (χ0v) is 13.3. The number of nitrogens with two attached hydrogens (primary N) is 2. The molecule has 4 atom stereocenters. The molecule has 1 saturated carbocycles. The van der Waals surface area contributed by atoms with Crippen LogP contribution in [0.3, 0.4) is 0 Å². The molecule has 0 radical (unpaired) electrons. The second kappa shape index (κ2) is 8.63.